The van der Waals surface area contributed by atoms with Crippen LogP contribution in [-0.4, -0.2) is 54.9 Å². The predicted molar refractivity (Wildman–Crippen MR) is 163 cm³/mol. The summed E-state index contributed by atoms with van der Waals surface area (Å²) in [6.07, 6.45) is 7.34. The van der Waals surface area contributed by atoms with E-state index in [1.807, 2.05) is 37.5 Å². The first-order valence-corrected chi connectivity index (χ1v) is 11.1. The van der Waals surface area contributed by atoms with Gasteiger partial charge in [0, 0.05) is 18.5 Å². The van der Waals surface area contributed by atoms with E-state index in [4.69, 9.17) is 11.1 Å². The summed E-state index contributed by atoms with van der Waals surface area (Å²) >= 11 is 0. The van der Waals surface area contributed by atoms with Crippen molar-refractivity contribution < 1.29 is 19.8 Å². The van der Waals surface area contributed by atoms with Gasteiger partial charge in [-0.05, 0) is 56.2 Å². The minimum atomic E-state index is -0.366. The second kappa shape index (κ2) is 26.8. The zero-order valence-electron chi connectivity index (χ0n) is 23.3. The van der Waals surface area contributed by atoms with Crippen LogP contribution in [0.2, 0.25) is 0 Å². The number of pyridine rings is 2. The lowest BCUT2D eigenvalue weighted by molar-refractivity contribution is -0.137. The molecule has 41 heavy (non-hydrogen) atoms. The van der Waals surface area contributed by atoms with Crippen LogP contribution in [0.4, 0.5) is 0 Å². The molecule has 0 unspecified atom stereocenters. The molecule has 15 nitrogen and oxygen atoms in total. The number of rotatable bonds is 6. The third kappa shape index (κ3) is 20.8. The fourth-order valence-corrected chi connectivity index (χ4v) is 1.97. The fraction of sp³-hybridized carbons (Fsp3) is 0.160. The highest BCUT2D eigenvalue weighted by atomic mass is 35.5. The largest absolute Gasteiger partial charge is 0.463 e. The first-order chi connectivity index (χ1) is 18.6. The third-order valence-corrected chi connectivity index (χ3v) is 3.80. The average molecular weight is 594 g/mol. The lowest BCUT2D eigenvalue weighted by Gasteiger charge is -1.95. The Morgan fingerprint density at radius 2 is 1.61 bits per heavy atom. The molecule has 0 fully saturated rings. The summed E-state index contributed by atoms with van der Waals surface area (Å²) in [5, 5.41) is 13.8. The maximum absolute atomic E-state index is 10.1. The summed E-state index contributed by atoms with van der Waals surface area (Å²) in [6, 6.07) is 7.49. The standard InChI is InChI=1S/C10H10N4.C7H9N3.C5H8O2.C3H6N2O.ClH.H4N2.H2O/c1-3-9-12-10(14-13-9)8-5-4-7(2)6-11-8;1-5-2-3-6(7(8)9)10-4-5;1-3-5(6)7-4-2;1-2-3(6)5-4;;1-2;/h3-6H,1H2,2H3,(H,12,13,14);2-4H,1H3,(H3,8,9);3H,1,4H2,2H3;2H,1,4H2,(H,5,6);1H;1-2H2;1H2. The Bertz CT molecular complexity index is 1170. The van der Waals surface area contributed by atoms with Crippen LogP contribution in [0.1, 0.15) is 29.6 Å². The number of carbonyl (C=O) groups excluding carboxylic acids is 2. The van der Waals surface area contributed by atoms with E-state index in [-0.39, 0.29) is 35.6 Å². The first kappa shape index (κ1) is 43.3. The molecule has 0 saturated heterocycles. The Morgan fingerprint density at radius 3 is 1.90 bits per heavy atom. The fourth-order valence-electron chi connectivity index (χ4n) is 1.97. The maximum Gasteiger partial charge on any atom is 0.330 e. The van der Waals surface area contributed by atoms with Crippen molar-refractivity contribution in [3.63, 3.8) is 0 Å². The predicted octanol–water partition coefficient (Wildman–Crippen LogP) is 0.806. The molecule has 3 rings (SSSR count). The number of aromatic nitrogens is 5. The van der Waals surface area contributed by atoms with Crippen LogP contribution < -0.4 is 28.7 Å². The highest BCUT2D eigenvalue weighted by Crippen LogP contribution is 2.11. The van der Waals surface area contributed by atoms with Crippen molar-refractivity contribution in [1.29, 1.82) is 5.41 Å². The van der Waals surface area contributed by atoms with Gasteiger partial charge in [0.25, 0.3) is 5.91 Å². The van der Waals surface area contributed by atoms with Crippen molar-refractivity contribution in [2.45, 2.75) is 20.8 Å². The van der Waals surface area contributed by atoms with Crippen molar-refractivity contribution in [2.75, 3.05) is 6.61 Å². The number of H-pyrrole nitrogens is 1. The van der Waals surface area contributed by atoms with Gasteiger partial charge in [0.1, 0.15) is 23.0 Å². The van der Waals surface area contributed by atoms with Crippen LogP contribution in [0.25, 0.3) is 17.6 Å². The van der Waals surface area contributed by atoms with Crippen LogP contribution in [-0.2, 0) is 14.3 Å². The number of aromatic amines is 1. The smallest absolute Gasteiger partial charge is 0.330 e. The van der Waals surface area contributed by atoms with E-state index in [0.717, 1.165) is 29.0 Å². The second-order valence-electron chi connectivity index (χ2n) is 6.77. The molecule has 0 aliphatic carbocycles. The molecule has 3 aromatic rings. The number of nitrogens with zero attached hydrogens (tertiary/aromatic N) is 4. The second-order valence-corrected chi connectivity index (χ2v) is 6.77. The number of amidine groups is 1. The molecule has 0 aliphatic rings. The Morgan fingerprint density at radius 1 is 1.05 bits per heavy atom. The lowest BCUT2D eigenvalue weighted by Crippen LogP contribution is -2.27. The van der Waals surface area contributed by atoms with Crippen LogP contribution in [0.15, 0.2) is 68.5 Å². The number of hydrogen-bond acceptors (Lipinski definition) is 11. The molecule has 226 valence electrons. The number of hydrazine groups is 2. The Labute approximate surface area is 245 Å². The van der Waals surface area contributed by atoms with Crippen LogP contribution in [0.5, 0.6) is 0 Å². The molecule has 0 radical (unpaired) electrons. The number of aryl methyl sites for hydroxylation is 2. The zero-order chi connectivity index (χ0) is 30.2. The van der Waals surface area contributed by atoms with Gasteiger partial charge in [-0.3, -0.25) is 42.4 Å². The number of amides is 1. The summed E-state index contributed by atoms with van der Waals surface area (Å²) in [5.74, 6) is 13.2. The highest BCUT2D eigenvalue weighted by Gasteiger charge is 2.04. The monoisotopic (exact) mass is 593 g/mol. The Balaban J connectivity index is -0.000000226. The molecule has 3 aromatic heterocycles. The number of ether oxygens (including phenoxy) is 1. The number of esters is 1. The van der Waals surface area contributed by atoms with Crippen LogP contribution in [0, 0.1) is 19.3 Å². The minimum absolute atomic E-state index is 0. The van der Waals surface area contributed by atoms with E-state index in [9.17, 15) is 9.59 Å². The molecule has 0 aromatic carbocycles. The minimum Gasteiger partial charge on any atom is -0.463 e. The average Bonchev–Trinajstić information content (AvgIpc) is 3.45. The molecule has 0 atom stereocenters. The van der Waals surface area contributed by atoms with Gasteiger partial charge in [-0.25, -0.2) is 15.6 Å². The number of nitrogen functional groups attached to an aromatic ring is 1. The molecular formula is C25H40ClN11O4. The van der Waals surface area contributed by atoms with Crippen molar-refractivity contribution in [3.05, 3.63) is 91.2 Å². The quantitative estimate of drug-likeness (QED) is 0.0399. The van der Waals surface area contributed by atoms with Crippen LogP contribution in [0.3, 0.4) is 0 Å². The number of halogens is 1. The van der Waals surface area contributed by atoms with E-state index in [1.54, 1.807) is 31.5 Å². The zero-order valence-corrected chi connectivity index (χ0v) is 24.1. The van der Waals surface area contributed by atoms with Crippen molar-refractivity contribution in [3.8, 4) is 11.5 Å². The van der Waals surface area contributed by atoms with Gasteiger partial charge in [-0.15, -0.1) is 12.4 Å². The molecule has 13 N–H and O–H groups in total. The SMILES string of the molecule is C=CC(=O)NN.C=CC(=O)OCC.C=Cc1nc(-c2ccc(C)cn2)n[nH]1.Cc1ccc(C(=N)N)nc1.Cl.NN.O. The number of carbonyl (C=O) groups is 2. The van der Waals surface area contributed by atoms with Gasteiger partial charge in [-0.2, -0.15) is 5.10 Å². The molecule has 0 aliphatic heterocycles. The molecule has 0 spiro atoms. The molecule has 0 bridgehead atoms. The molecule has 1 amide bonds. The maximum atomic E-state index is 10.1. The number of nitrogens with one attached hydrogen (secondary N) is 3. The summed E-state index contributed by atoms with van der Waals surface area (Å²) in [4.78, 5) is 32.2. The Hall–Kier alpha value is -4.80. The molecule has 0 saturated carbocycles. The molecular weight excluding hydrogens is 554 g/mol. The summed E-state index contributed by atoms with van der Waals surface area (Å²) in [6.45, 7) is 16.0. The normalized spacial score (nSPS) is 8.15. The van der Waals surface area contributed by atoms with E-state index in [1.165, 1.54) is 0 Å². The topological polar surface area (TPSA) is 282 Å². The first-order valence-electron chi connectivity index (χ1n) is 11.1. The summed E-state index contributed by atoms with van der Waals surface area (Å²) in [5.41, 5.74) is 10.5. The van der Waals surface area contributed by atoms with Crippen molar-refractivity contribution in [2.24, 2.45) is 23.3 Å². The van der Waals surface area contributed by atoms with Crippen molar-refractivity contribution >= 4 is 36.2 Å². The van der Waals surface area contributed by atoms with Gasteiger partial charge < -0.3 is 15.9 Å². The lowest BCUT2D eigenvalue weighted by atomic mass is 10.3. The van der Waals surface area contributed by atoms with Crippen molar-refractivity contribution in [1.82, 2.24) is 30.6 Å². The van der Waals surface area contributed by atoms with E-state index in [0.29, 0.717) is 23.9 Å². The van der Waals surface area contributed by atoms with Gasteiger partial charge in [0.05, 0.1) is 6.61 Å². The van der Waals surface area contributed by atoms with Gasteiger partial charge >= 0.3 is 5.97 Å². The number of hydrogen-bond donors (Lipinski definition) is 7. The number of nitrogens with two attached hydrogens (primary N) is 4. The highest BCUT2D eigenvalue weighted by molar-refractivity contribution is 5.92. The van der Waals surface area contributed by atoms with Gasteiger partial charge in [-0.1, -0.05) is 31.9 Å². The van der Waals surface area contributed by atoms with E-state index < -0.39 is 0 Å². The third-order valence-electron chi connectivity index (χ3n) is 3.80. The Kier molecular flexibility index (Phi) is 28.3. The van der Waals surface area contributed by atoms with E-state index in [2.05, 4.69) is 67.2 Å². The van der Waals surface area contributed by atoms with Crippen LogP contribution >= 0.6 is 12.4 Å². The van der Waals surface area contributed by atoms with Gasteiger partial charge in [0.15, 0.2) is 5.82 Å². The summed E-state index contributed by atoms with van der Waals surface area (Å²) in [7, 11) is 0. The molecule has 3 heterocycles. The van der Waals surface area contributed by atoms with E-state index >= 15 is 0 Å². The molecule has 16 heteroatoms. The van der Waals surface area contributed by atoms with Gasteiger partial charge in [0.2, 0.25) is 0 Å². The summed E-state index contributed by atoms with van der Waals surface area (Å²) < 4.78 is 4.43.